The first-order valence-electron chi connectivity index (χ1n) is 10.1. The van der Waals surface area contributed by atoms with Crippen LogP contribution in [0, 0.1) is 12.8 Å². The van der Waals surface area contributed by atoms with Gasteiger partial charge in [0.15, 0.2) is 8.32 Å². The lowest BCUT2D eigenvalue weighted by Crippen LogP contribution is -2.50. The Labute approximate surface area is 173 Å². The van der Waals surface area contributed by atoms with Crippen molar-refractivity contribution in [2.45, 2.75) is 76.5 Å². The predicted octanol–water partition coefficient (Wildman–Crippen LogP) is 5.36. The molecule has 0 spiro atoms. The molecule has 0 N–H and O–H groups in total. The minimum Gasteiger partial charge on any atom is -0.416 e. The Morgan fingerprint density at radius 1 is 1.25 bits per heavy atom. The van der Waals surface area contributed by atoms with Gasteiger partial charge in [-0.05, 0) is 55.9 Å². The molecule has 0 unspecified atom stereocenters. The molecule has 2 atom stereocenters. The fourth-order valence-corrected chi connectivity index (χ4v) is 6.14. The number of aryl methyl sites for hydroxylation is 1. The number of rotatable bonds is 6. The van der Waals surface area contributed by atoms with Crippen LogP contribution in [0.2, 0.25) is 18.1 Å². The highest BCUT2D eigenvalue weighted by molar-refractivity contribution is 7.89. The normalized spacial score (nSPS) is 21.0. The minimum atomic E-state index is -3.56. The zero-order valence-electron chi connectivity index (χ0n) is 18.6. The van der Waals surface area contributed by atoms with E-state index in [1.165, 1.54) is 0 Å². The molecule has 0 radical (unpaired) electrons. The Hall–Kier alpha value is -0.953. The molecule has 2 rings (SSSR count). The van der Waals surface area contributed by atoms with E-state index in [1.807, 2.05) is 19.1 Å². The molecule has 1 aliphatic rings. The molecule has 1 aromatic rings. The Kier molecular flexibility index (Phi) is 7.02. The summed E-state index contributed by atoms with van der Waals surface area (Å²) < 4.78 is 34.8. The van der Waals surface area contributed by atoms with Crippen LogP contribution in [0.25, 0.3) is 0 Å². The van der Waals surface area contributed by atoms with Gasteiger partial charge in [0.05, 0.1) is 4.90 Å². The quantitative estimate of drug-likeness (QED) is 0.457. The molecular weight excluding hydrogens is 386 g/mol. The van der Waals surface area contributed by atoms with Crippen molar-refractivity contribution in [3.63, 3.8) is 0 Å². The number of hydrogen-bond donors (Lipinski definition) is 0. The zero-order valence-corrected chi connectivity index (χ0v) is 20.4. The van der Waals surface area contributed by atoms with E-state index < -0.39 is 18.3 Å². The smallest absolute Gasteiger partial charge is 0.243 e. The fourth-order valence-electron chi connectivity index (χ4n) is 3.26. The Bertz CT molecular complexity index is 794. The van der Waals surface area contributed by atoms with Crippen molar-refractivity contribution < 1.29 is 12.8 Å². The highest BCUT2D eigenvalue weighted by Crippen LogP contribution is 2.38. The molecule has 1 saturated heterocycles. The molecule has 0 saturated carbocycles. The van der Waals surface area contributed by atoms with E-state index in [-0.39, 0.29) is 17.0 Å². The van der Waals surface area contributed by atoms with E-state index >= 15 is 0 Å². The van der Waals surface area contributed by atoms with Gasteiger partial charge in [0, 0.05) is 19.2 Å². The molecular formula is C22H37NO3SSi. The summed E-state index contributed by atoms with van der Waals surface area (Å²) in [4.78, 5) is 0.357. The van der Waals surface area contributed by atoms with E-state index in [0.29, 0.717) is 18.0 Å². The minimum absolute atomic E-state index is 0.0680. The molecule has 0 aliphatic carbocycles. The van der Waals surface area contributed by atoms with Crippen LogP contribution in [-0.2, 0) is 14.4 Å². The van der Waals surface area contributed by atoms with Crippen LogP contribution in [0.15, 0.2) is 41.3 Å². The van der Waals surface area contributed by atoms with Crippen molar-refractivity contribution in [1.82, 2.24) is 4.31 Å². The SMILES string of the molecule is C=C1CC[C@@H]([C@H](C)CO[Si](C)(C)C(C)(C)C)N(S(=O)(=O)c2ccc(C)cc2)C1. The highest BCUT2D eigenvalue weighted by atomic mass is 32.2. The molecule has 158 valence electrons. The topological polar surface area (TPSA) is 46.6 Å². The summed E-state index contributed by atoms with van der Waals surface area (Å²) in [5.74, 6) is 0.127. The Morgan fingerprint density at radius 3 is 2.36 bits per heavy atom. The van der Waals surface area contributed by atoms with Gasteiger partial charge in [-0.15, -0.1) is 0 Å². The number of piperidine rings is 1. The Morgan fingerprint density at radius 2 is 1.82 bits per heavy atom. The van der Waals surface area contributed by atoms with Crippen LogP contribution in [0.4, 0.5) is 0 Å². The number of sulfonamides is 1. The van der Waals surface area contributed by atoms with Gasteiger partial charge in [-0.2, -0.15) is 4.31 Å². The average molecular weight is 424 g/mol. The van der Waals surface area contributed by atoms with Crippen LogP contribution >= 0.6 is 0 Å². The molecule has 1 fully saturated rings. The maximum Gasteiger partial charge on any atom is 0.243 e. The van der Waals surface area contributed by atoms with E-state index in [4.69, 9.17) is 4.43 Å². The van der Waals surface area contributed by atoms with Crippen LogP contribution in [0.3, 0.4) is 0 Å². The summed E-state index contributed by atoms with van der Waals surface area (Å²) in [6.07, 6.45) is 1.67. The highest BCUT2D eigenvalue weighted by Gasteiger charge is 2.40. The van der Waals surface area contributed by atoms with Gasteiger partial charge in [-0.25, -0.2) is 8.42 Å². The molecule has 0 amide bonds. The largest absolute Gasteiger partial charge is 0.416 e. The monoisotopic (exact) mass is 423 g/mol. The van der Waals surface area contributed by atoms with Crippen LogP contribution < -0.4 is 0 Å². The molecule has 0 aromatic heterocycles. The van der Waals surface area contributed by atoms with Crippen molar-refractivity contribution in [2.75, 3.05) is 13.2 Å². The summed E-state index contributed by atoms with van der Waals surface area (Å²) in [5.41, 5.74) is 2.03. The molecule has 1 heterocycles. The van der Waals surface area contributed by atoms with Gasteiger partial charge >= 0.3 is 0 Å². The fraction of sp³-hybridized carbons (Fsp3) is 0.636. The van der Waals surface area contributed by atoms with Crippen molar-refractivity contribution in [1.29, 1.82) is 0 Å². The van der Waals surface area contributed by atoms with Crippen LogP contribution in [0.5, 0.6) is 0 Å². The van der Waals surface area contributed by atoms with Crippen molar-refractivity contribution in [3.05, 3.63) is 42.0 Å². The average Bonchev–Trinajstić information content (AvgIpc) is 2.59. The van der Waals surface area contributed by atoms with E-state index in [2.05, 4.69) is 47.4 Å². The third-order valence-corrected chi connectivity index (χ3v) is 12.7. The number of nitrogens with zero attached hydrogens (tertiary/aromatic N) is 1. The van der Waals surface area contributed by atoms with Gasteiger partial charge in [-0.1, -0.05) is 57.5 Å². The van der Waals surface area contributed by atoms with E-state index in [1.54, 1.807) is 16.4 Å². The van der Waals surface area contributed by atoms with Crippen molar-refractivity contribution in [2.24, 2.45) is 5.92 Å². The molecule has 1 aromatic carbocycles. The molecule has 4 nitrogen and oxygen atoms in total. The molecule has 6 heteroatoms. The van der Waals surface area contributed by atoms with Crippen LogP contribution in [-0.4, -0.2) is 40.2 Å². The molecule has 1 aliphatic heterocycles. The van der Waals surface area contributed by atoms with Gasteiger partial charge in [0.2, 0.25) is 10.0 Å². The second-order valence-corrected chi connectivity index (χ2v) is 16.5. The van der Waals surface area contributed by atoms with Gasteiger partial charge < -0.3 is 4.43 Å². The van der Waals surface area contributed by atoms with E-state index in [0.717, 1.165) is 24.0 Å². The number of hydrogen-bond acceptors (Lipinski definition) is 3. The van der Waals surface area contributed by atoms with Crippen molar-refractivity contribution >= 4 is 18.3 Å². The lowest BCUT2D eigenvalue weighted by molar-refractivity contribution is 0.151. The first kappa shape index (κ1) is 23.3. The maximum atomic E-state index is 13.4. The predicted molar refractivity (Wildman–Crippen MR) is 120 cm³/mol. The molecule has 28 heavy (non-hydrogen) atoms. The Balaban J connectivity index is 2.24. The molecule has 0 bridgehead atoms. The lowest BCUT2D eigenvalue weighted by atomic mass is 9.92. The summed E-state index contributed by atoms with van der Waals surface area (Å²) in [6.45, 7) is 20.3. The summed E-state index contributed by atoms with van der Waals surface area (Å²) in [5, 5.41) is 0.140. The summed E-state index contributed by atoms with van der Waals surface area (Å²) in [6, 6.07) is 7.04. The third kappa shape index (κ3) is 5.15. The summed E-state index contributed by atoms with van der Waals surface area (Å²) in [7, 11) is -5.43. The standard InChI is InChI=1S/C22H37NO3SSi/c1-17-9-12-20(13-10-17)27(24,25)23-15-18(2)11-14-21(23)19(3)16-26-28(7,8)22(4,5)6/h9-10,12-13,19,21H,2,11,14-16H2,1,3-8H3/t19-,21+/m1/s1. The van der Waals surface area contributed by atoms with Gasteiger partial charge in [0.1, 0.15) is 0 Å². The lowest BCUT2D eigenvalue weighted by Gasteiger charge is -2.41. The van der Waals surface area contributed by atoms with Gasteiger partial charge in [-0.3, -0.25) is 0 Å². The maximum absolute atomic E-state index is 13.4. The third-order valence-electron chi connectivity index (χ3n) is 6.34. The number of benzene rings is 1. The van der Waals surface area contributed by atoms with Gasteiger partial charge in [0.25, 0.3) is 0 Å². The second-order valence-electron chi connectivity index (χ2n) is 9.77. The zero-order chi connectivity index (χ0) is 21.3. The van der Waals surface area contributed by atoms with E-state index in [9.17, 15) is 8.42 Å². The first-order valence-corrected chi connectivity index (χ1v) is 14.5. The van der Waals surface area contributed by atoms with Crippen LogP contribution in [0.1, 0.15) is 46.1 Å². The summed E-state index contributed by atoms with van der Waals surface area (Å²) >= 11 is 0. The van der Waals surface area contributed by atoms with Crippen molar-refractivity contribution in [3.8, 4) is 0 Å². The second kappa shape index (κ2) is 8.42. The first-order chi connectivity index (χ1) is 12.8.